The maximum absolute atomic E-state index is 11.1. The van der Waals surface area contributed by atoms with Crippen LogP contribution in [0, 0.1) is 12.3 Å². The highest BCUT2D eigenvalue weighted by molar-refractivity contribution is 5.94. The van der Waals surface area contributed by atoms with E-state index in [1.165, 1.54) is 315 Å². The summed E-state index contributed by atoms with van der Waals surface area (Å²) in [5.74, 6) is 2.17. The Labute approximate surface area is 386 Å². The van der Waals surface area contributed by atoms with Crippen LogP contribution in [0.5, 0.6) is 0 Å². The lowest BCUT2D eigenvalue weighted by Gasteiger charge is -2.05. The van der Waals surface area contributed by atoms with E-state index in [-0.39, 0.29) is 5.78 Å². The molecule has 0 saturated carbocycles. The van der Waals surface area contributed by atoms with E-state index in [0.717, 1.165) is 12.8 Å². The van der Waals surface area contributed by atoms with Crippen LogP contribution in [0.1, 0.15) is 341 Å². The number of hydrogen-bond donors (Lipinski definition) is 0. The van der Waals surface area contributed by atoms with Crippen molar-refractivity contribution in [1.29, 1.82) is 0 Å². The van der Waals surface area contributed by atoms with Crippen LogP contribution in [0.3, 0.4) is 0 Å². The Morgan fingerprint density at radius 2 is 0.459 bits per heavy atom. The van der Waals surface area contributed by atoms with Crippen LogP contribution in [-0.4, -0.2) is 5.78 Å². The zero-order valence-corrected chi connectivity index (χ0v) is 42.1. The van der Waals surface area contributed by atoms with Gasteiger partial charge in [0.2, 0.25) is 5.78 Å². The highest BCUT2D eigenvalue weighted by atomic mass is 16.1. The molecular weight excluding hydrogens is 737 g/mol. The molecule has 0 fully saturated rings. The van der Waals surface area contributed by atoms with Gasteiger partial charge in [0.25, 0.3) is 0 Å². The molecule has 1 heteroatoms. The third kappa shape index (κ3) is 56.7. The van der Waals surface area contributed by atoms with Gasteiger partial charge in [0.15, 0.2) is 0 Å². The van der Waals surface area contributed by atoms with Crippen LogP contribution in [0.25, 0.3) is 0 Å². The van der Waals surface area contributed by atoms with Gasteiger partial charge in [0, 0.05) is 6.42 Å². The molecule has 0 bridgehead atoms. The van der Waals surface area contributed by atoms with E-state index in [1.54, 1.807) is 0 Å². The van der Waals surface area contributed by atoms with E-state index >= 15 is 0 Å². The third-order valence-electron chi connectivity index (χ3n) is 13.5. The van der Waals surface area contributed by atoms with E-state index in [1.807, 2.05) is 0 Å². The number of allylic oxidation sites excluding steroid dienone is 4. The molecule has 0 heterocycles. The average Bonchev–Trinajstić information content (AvgIpc) is 3.27. The summed E-state index contributed by atoms with van der Waals surface area (Å²) in [7, 11) is 0. The van der Waals surface area contributed by atoms with Crippen molar-refractivity contribution < 1.29 is 4.79 Å². The number of unbranched alkanes of at least 4 members (excludes halogenated alkanes) is 48. The van der Waals surface area contributed by atoms with Gasteiger partial charge in [0.1, 0.15) is 0 Å². The largest absolute Gasteiger partial charge is 0.285 e. The summed E-state index contributed by atoms with van der Waals surface area (Å²) in [5, 5.41) is 0. The molecule has 1 nitrogen and oxygen atoms in total. The fraction of sp³-hybridized carbons (Fsp3) is 0.883. The van der Waals surface area contributed by atoms with Crippen molar-refractivity contribution in [3.8, 4) is 12.3 Å². The molecule has 61 heavy (non-hydrogen) atoms. The molecule has 0 radical (unpaired) electrons. The number of hydrogen-bond acceptors (Lipinski definition) is 1. The number of carbonyl (C=O) groups is 1. The predicted molar refractivity (Wildman–Crippen MR) is 278 cm³/mol. The van der Waals surface area contributed by atoms with Crippen molar-refractivity contribution in [3.63, 3.8) is 0 Å². The Morgan fingerprint density at radius 1 is 0.279 bits per heavy atom. The monoisotopic (exact) mass is 849 g/mol. The predicted octanol–water partition coefficient (Wildman–Crippen LogP) is 21.6. The molecule has 0 rings (SSSR count). The molecule has 0 spiro atoms. The van der Waals surface area contributed by atoms with Gasteiger partial charge in [-0.05, 0) is 50.9 Å². The normalized spacial score (nSPS) is 11.7. The molecule has 0 aliphatic heterocycles. The summed E-state index contributed by atoms with van der Waals surface area (Å²) in [6.07, 6.45) is 87.6. The second kappa shape index (κ2) is 56.7. The van der Waals surface area contributed by atoms with Gasteiger partial charge in [-0.1, -0.05) is 314 Å². The van der Waals surface area contributed by atoms with E-state index in [9.17, 15) is 4.79 Å². The molecule has 0 aromatic carbocycles. The summed E-state index contributed by atoms with van der Waals surface area (Å²) in [6.45, 7) is 2.31. The van der Waals surface area contributed by atoms with Gasteiger partial charge in [0.05, 0.1) is 0 Å². The van der Waals surface area contributed by atoms with Crippen LogP contribution in [0.15, 0.2) is 24.3 Å². The van der Waals surface area contributed by atoms with Crippen molar-refractivity contribution in [2.75, 3.05) is 0 Å². The average molecular weight is 850 g/mol. The van der Waals surface area contributed by atoms with E-state index in [4.69, 9.17) is 6.42 Å². The fourth-order valence-electron chi connectivity index (χ4n) is 9.22. The zero-order chi connectivity index (χ0) is 43.9. The first-order chi connectivity index (χ1) is 30.3. The van der Waals surface area contributed by atoms with Gasteiger partial charge >= 0.3 is 0 Å². The molecule has 0 aromatic rings. The fourth-order valence-corrected chi connectivity index (χ4v) is 9.22. The molecule has 0 amide bonds. The smallest absolute Gasteiger partial charge is 0.205 e. The molecule has 358 valence electrons. The summed E-state index contributed by atoms with van der Waals surface area (Å²) < 4.78 is 0. The van der Waals surface area contributed by atoms with Crippen LogP contribution in [0.4, 0.5) is 0 Å². The summed E-state index contributed by atoms with van der Waals surface area (Å²) in [4.78, 5) is 11.1. The van der Waals surface area contributed by atoms with Crippen LogP contribution in [-0.2, 0) is 4.79 Å². The molecule has 0 aliphatic rings. The van der Waals surface area contributed by atoms with Gasteiger partial charge in [-0.15, -0.1) is 6.42 Å². The van der Waals surface area contributed by atoms with E-state index < -0.39 is 0 Å². The molecule has 0 aliphatic carbocycles. The number of Topliss-reactive ketones (excluding diaryl/α,β-unsaturated/α-hetero) is 1. The summed E-state index contributed by atoms with van der Waals surface area (Å²) in [5.41, 5.74) is 0. The maximum Gasteiger partial charge on any atom is 0.205 e. The highest BCUT2D eigenvalue weighted by Gasteiger charge is 1.99. The standard InChI is InChI=1S/C60H112O/c1-3-5-6-7-8-9-10-11-12-13-14-15-16-17-18-19-20-21-22-23-24-25-26-27-28-29-30-31-32-33-34-35-36-37-38-39-40-41-42-43-44-45-46-47-48-49-50-51-52-53-54-55-56-57-58-59-60(61)4-2/h2,43-44,47-48H,3,5-42,45-46,49-59H2,1H3/b44-43-,48-47-. The Hall–Kier alpha value is -1.29. The minimum Gasteiger partial charge on any atom is -0.285 e. The van der Waals surface area contributed by atoms with Gasteiger partial charge in [-0.3, -0.25) is 4.79 Å². The summed E-state index contributed by atoms with van der Waals surface area (Å²) in [6, 6.07) is 0. The Kier molecular flexibility index (Phi) is 55.5. The first-order valence-corrected chi connectivity index (χ1v) is 28.6. The molecule has 0 unspecified atom stereocenters. The Morgan fingerprint density at radius 3 is 0.672 bits per heavy atom. The van der Waals surface area contributed by atoms with E-state index in [0.29, 0.717) is 6.42 Å². The van der Waals surface area contributed by atoms with Crippen molar-refractivity contribution in [2.45, 2.75) is 341 Å². The first-order valence-electron chi connectivity index (χ1n) is 28.6. The van der Waals surface area contributed by atoms with Gasteiger partial charge < -0.3 is 0 Å². The zero-order valence-electron chi connectivity index (χ0n) is 42.1. The SMILES string of the molecule is C#CC(=O)CCCCCCCCCCC/C=C\CC/C=C\CCCCCCCCCCCCCCCCCCCCCCCCCCCCCCCCCCCCCCCC. The third-order valence-corrected chi connectivity index (χ3v) is 13.5. The molecule has 0 N–H and O–H groups in total. The topological polar surface area (TPSA) is 17.1 Å². The van der Waals surface area contributed by atoms with Crippen molar-refractivity contribution in [3.05, 3.63) is 24.3 Å². The van der Waals surface area contributed by atoms with Gasteiger partial charge in [-0.2, -0.15) is 0 Å². The second-order valence-corrected chi connectivity index (χ2v) is 19.7. The lowest BCUT2D eigenvalue weighted by molar-refractivity contribution is -0.113. The van der Waals surface area contributed by atoms with Crippen molar-refractivity contribution in [1.82, 2.24) is 0 Å². The molecular formula is C60H112O. The van der Waals surface area contributed by atoms with Gasteiger partial charge in [-0.25, -0.2) is 0 Å². The number of ketones is 1. The quantitative estimate of drug-likeness (QED) is 0.0258. The minimum atomic E-state index is -0.0386. The number of carbonyl (C=O) groups excluding carboxylic acids is 1. The summed E-state index contributed by atoms with van der Waals surface area (Å²) >= 11 is 0. The number of terminal acetylenes is 1. The van der Waals surface area contributed by atoms with Crippen LogP contribution >= 0.6 is 0 Å². The first kappa shape index (κ1) is 59.7. The van der Waals surface area contributed by atoms with Crippen molar-refractivity contribution >= 4 is 5.78 Å². The molecule has 0 saturated heterocycles. The lowest BCUT2D eigenvalue weighted by Crippen LogP contribution is -1.92. The Bertz CT molecular complexity index is 905. The maximum atomic E-state index is 11.1. The minimum absolute atomic E-state index is 0.0386. The number of rotatable bonds is 54. The van der Waals surface area contributed by atoms with Crippen LogP contribution in [0.2, 0.25) is 0 Å². The van der Waals surface area contributed by atoms with E-state index in [2.05, 4.69) is 37.1 Å². The molecule has 0 atom stereocenters. The molecule has 0 aromatic heterocycles. The Balaban J connectivity index is 3.13. The second-order valence-electron chi connectivity index (χ2n) is 19.7. The van der Waals surface area contributed by atoms with Crippen molar-refractivity contribution in [2.24, 2.45) is 0 Å². The highest BCUT2D eigenvalue weighted by Crippen LogP contribution is 2.18. The lowest BCUT2D eigenvalue weighted by atomic mass is 10.0. The van der Waals surface area contributed by atoms with Crippen LogP contribution < -0.4 is 0 Å².